The summed E-state index contributed by atoms with van der Waals surface area (Å²) in [5.41, 5.74) is 2.20. The van der Waals surface area contributed by atoms with Gasteiger partial charge in [-0.2, -0.15) is 0 Å². The van der Waals surface area contributed by atoms with Crippen molar-refractivity contribution in [3.63, 3.8) is 0 Å². The quantitative estimate of drug-likeness (QED) is 0.786. The van der Waals surface area contributed by atoms with Gasteiger partial charge in [-0.1, -0.05) is 0 Å². The zero-order valence-electron chi connectivity index (χ0n) is 10.9. The van der Waals surface area contributed by atoms with Crippen LogP contribution in [0.5, 0.6) is 0 Å². The molecular weight excluding hydrogens is 244 g/mol. The minimum Gasteiger partial charge on any atom is -0.355 e. The molecule has 0 aliphatic rings. The molecule has 0 aromatic carbocycles. The standard InChI is InChI=1S/C13H16N4O2/c1-9-3-6-17-8-11(16-12(17)7-9)13(19)15-5-4-14-10(2)18/h3,6-8H,4-5H2,1-2H3,(H,14,18)(H,15,19). The number of aromatic nitrogens is 2. The number of fused-ring (bicyclic) bond motifs is 1. The van der Waals surface area contributed by atoms with Crippen molar-refractivity contribution in [1.82, 2.24) is 20.0 Å². The zero-order chi connectivity index (χ0) is 13.8. The lowest BCUT2D eigenvalue weighted by molar-refractivity contribution is -0.118. The molecule has 0 spiro atoms. The second kappa shape index (κ2) is 5.51. The molecule has 6 nitrogen and oxygen atoms in total. The Morgan fingerprint density at radius 1 is 1.32 bits per heavy atom. The van der Waals surface area contributed by atoms with Crippen LogP contribution in [0.1, 0.15) is 23.0 Å². The van der Waals surface area contributed by atoms with Crippen molar-refractivity contribution in [1.29, 1.82) is 0 Å². The van der Waals surface area contributed by atoms with Crippen molar-refractivity contribution >= 4 is 17.5 Å². The highest BCUT2D eigenvalue weighted by Crippen LogP contribution is 2.07. The van der Waals surface area contributed by atoms with E-state index in [9.17, 15) is 9.59 Å². The van der Waals surface area contributed by atoms with E-state index in [4.69, 9.17) is 0 Å². The molecule has 6 heteroatoms. The van der Waals surface area contributed by atoms with Crippen molar-refractivity contribution < 1.29 is 9.59 Å². The Balaban J connectivity index is 1.99. The minimum absolute atomic E-state index is 0.113. The molecule has 19 heavy (non-hydrogen) atoms. The molecule has 2 rings (SSSR count). The van der Waals surface area contributed by atoms with Crippen molar-refractivity contribution in [3.8, 4) is 0 Å². The predicted octanol–water partition coefficient (Wildman–Crippen LogP) is 0.509. The Hall–Kier alpha value is -2.37. The molecule has 2 amide bonds. The fraction of sp³-hybridized carbons (Fsp3) is 0.308. The van der Waals surface area contributed by atoms with Gasteiger partial charge in [0.15, 0.2) is 0 Å². The third-order valence-electron chi connectivity index (χ3n) is 2.63. The van der Waals surface area contributed by atoms with Crippen LogP contribution in [0.4, 0.5) is 0 Å². The summed E-state index contributed by atoms with van der Waals surface area (Å²) in [5, 5.41) is 5.31. The molecule has 0 radical (unpaired) electrons. The Morgan fingerprint density at radius 3 is 2.79 bits per heavy atom. The minimum atomic E-state index is -0.244. The number of nitrogens with zero attached hydrogens (tertiary/aromatic N) is 2. The molecule has 2 aromatic rings. The average molecular weight is 260 g/mol. The Morgan fingerprint density at radius 2 is 2.05 bits per heavy atom. The second-order valence-electron chi connectivity index (χ2n) is 4.33. The molecule has 0 aliphatic heterocycles. The zero-order valence-corrected chi connectivity index (χ0v) is 10.9. The molecule has 0 saturated carbocycles. The van der Waals surface area contributed by atoms with E-state index in [0.29, 0.717) is 18.8 Å². The third-order valence-corrected chi connectivity index (χ3v) is 2.63. The first-order valence-electron chi connectivity index (χ1n) is 6.04. The smallest absolute Gasteiger partial charge is 0.271 e. The SMILES string of the molecule is CC(=O)NCCNC(=O)c1cn2ccc(C)cc2n1. The number of aryl methyl sites for hydroxylation is 1. The van der Waals surface area contributed by atoms with E-state index in [1.54, 1.807) is 10.6 Å². The maximum atomic E-state index is 11.8. The van der Waals surface area contributed by atoms with E-state index in [1.165, 1.54) is 6.92 Å². The van der Waals surface area contributed by atoms with E-state index in [1.807, 2.05) is 25.3 Å². The van der Waals surface area contributed by atoms with Gasteiger partial charge in [0.1, 0.15) is 11.3 Å². The topological polar surface area (TPSA) is 75.5 Å². The van der Waals surface area contributed by atoms with Crippen LogP contribution in [-0.2, 0) is 4.79 Å². The highest BCUT2D eigenvalue weighted by atomic mass is 16.2. The molecular formula is C13H16N4O2. The van der Waals surface area contributed by atoms with Crippen LogP contribution in [-0.4, -0.2) is 34.3 Å². The van der Waals surface area contributed by atoms with E-state index in [2.05, 4.69) is 15.6 Å². The van der Waals surface area contributed by atoms with Crippen molar-refractivity contribution in [2.45, 2.75) is 13.8 Å². The summed E-state index contributed by atoms with van der Waals surface area (Å²) in [6, 6.07) is 3.86. The molecule has 100 valence electrons. The monoisotopic (exact) mass is 260 g/mol. The molecule has 2 heterocycles. The molecule has 0 saturated heterocycles. The summed E-state index contributed by atoms with van der Waals surface area (Å²) < 4.78 is 1.80. The van der Waals surface area contributed by atoms with Gasteiger partial charge < -0.3 is 15.0 Å². The Labute approximate surface area is 110 Å². The lowest BCUT2D eigenvalue weighted by Crippen LogP contribution is -2.33. The maximum Gasteiger partial charge on any atom is 0.271 e. The molecule has 2 aromatic heterocycles. The molecule has 0 atom stereocenters. The maximum absolute atomic E-state index is 11.8. The van der Waals surface area contributed by atoms with Gasteiger partial charge in [0.05, 0.1) is 0 Å². The molecule has 0 bridgehead atoms. The van der Waals surface area contributed by atoms with Crippen LogP contribution >= 0.6 is 0 Å². The largest absolute Gasteiger partial charge is 0.355 e. The first-order valence-corrected chi connectivity index (χ1v) is 6.04. The number of rotatable bonds is 4. The lowest BCUT2D eigenvalue weighted by atomic mass is 10.3. The van der Waals surface area contributed by atoms with Crippen molar-refractivity contribution in [3.05, 3.63) is 35.8 Å². The van der Waals surface area contributed by atoms with Crippen LogP contribution in [0.2, 0.25) is 0 Å². The lowest BCUT2D eigenvalue weighted by Gasteiger charge is -2.03. The highest BCUT2D eigenvalue weighted by molar-refractivity contribution is 5.92. The summed E-state index contributed by atoms with van der Waals surface area (Å²) in [6.07, 6.45) is 3.55. The van der Waals surface area contributed by atoms with Gasteiger partial charge in [-0.3, -0.25) is 9.59 Å². The molecule has 0 fully saturated rings. The highest BCUT2D eigenvalue weighted by Gasteiger charge is 2.09. The first-order chi connectivity index (χ1) is 9.06. The number of amides is 2. The normalized spacial score (nSPS) is 10.4. The van der Waals surface area contributed by atoms with Crippen molar-refractivity contribution in [2.24, 2.45) is 0 Å². The van der Waals surface area contributed by atoms with E-state index < -0.39 is 0 Å². The van der Waals surface area contributed by atoms with Crippen molar-refractivity contribution in [2.75, 3.05) is 13.1 Å². The van der Waals surface area contributed by atoms with Gasteiger partial charge in [0, 0.05) is 32.4 Å². The van der Waals surface area contributed by atoms with Crippen LogP contribution in [0.3, 0.4) is 0 Å². The molecule has 0 aliphatic carbocycles. The van der Waals surface area contributed by atoms with Crippen LogP contribution < -0.4 is 10.6 Å². The van der Waals surface area contributed by atoms with E-state index >= 15 is 0 Å². The average Bonchev–Trinajstić information content (AvgIpc) is 2.77. The summed E-state index contributed by atoms with van der Waals surface area (Å²) in [7, 11) is 0. The predicted molar refractivity (Wildman–Crippen MR) is 70.9 cm³/mol. The third kappa shape index (κ3) is 3.31. The van der Waals surface area contributed by atoms with E-state index in [-0.39, 0.29) is 11.8 Å². The van der Waals surface area contributed by atoms with Crippen LogP contribution in [0, 0.1) is 6.92 Å². The number of hydrogen-bond acceptors (Lipinski definition) is 3. The van der Waals surface area contributed by atoms with Gasteiger partial charge in [-0.05, 0) is 24.6 Å². The summed E-state index contributed by atoms with van der Waals surface area (Å²) >= 11 is 0. The number of nitrogens with one attached hydrogen (secondary N) is 2. The number of imidazole rings is 1. The van der Waals surface area contributed by atoms with E-state index in [0.717, 1.165) is 11.2 Å². The van der Waals surface area contributed by atoms with Crippen LogP contribution in [0.15, 0.2) is 24.5 Å². The number of carbonyl (C=O) groups is 2. The Bertz CT molecular complexity index is 618. The molecule has 0 unspecified atom stereocenters. The summed E-state index contributed by atoms with van der Waals surface area (Å²) in [4.78, 5) is 26.8. The number of hydrogen-bond donors (Lipinski definition) is 2. The summed E-state index contributed by atoms with van der Waals surface area (Å²) in [5.74, 6) is -0.357. The summed E-state index contributed by atoms with van der Waals surface area (Å²) in [6.45, 7) is 4.20. The van der Waals surface area contributed by atoms with Gasteiger partial charge >= 0.3 is 0 Å². The fourth-order valence-corrected chi connectivity index (χ4v) is 1.70. The van der Waals surface area contributed by atoms with Gasteiger partial charge in [0.25, 0.3) is 5.91 Å². The van der Waals surface area contributed by atoms with Crippen LogP contribution in [0.25, 0.3) is 5.65 Å². The molecule has 2 N–H and O–H groups in total. The second-order valence-corrected chi connectivity index (χ2v) is 4.33. The van der Waals surface area contributed by atoms with Gasteiger partial charge in [0.2, 0.25) is 5.91 Å². The number of pyridine rings is 1. The first kappa shape index (κ1) is 13.1. The number of carbonyl (C=O) groups excluding carboxylic acids is 2. The van der Waals surface area contributed by atoms with Gasteiger partial charge in [-0.25, -0.2) is 4.98 Å². The van der Waals surface area contributed by atoms with Gasteiger partial charge in [-0.15, -0.1) is 0 Å². The Kier molecular flexibility index (Phi) is 3.79. The fourth-order valence-electron chi connectivity index (χ4n) is 1.70.